The quantitative estimate of drug-likeness (QED) is 0.808. The molecule has 84 valence electrons. The van der Waals surface area contributed by atoms with Crippen LogP contribution in [0.3, 0.4) is 0 Å². The van der Waals surface area contributed by atoms with Gasteiger partial charge in [0.15, 0.2) is 0 Å². The van der Waals surface area contributed by atoms with Gasteiger partial charge in [-0.05, 0) is 42.7 Å². The van der Waals surface area contributed by atoms with E-state index in [0.29, 0.717) is 5.75 Å². The lowest BCUT2D eigenvalue weighted by Crippen LogP contribution is -1.90. The van der Waals surface area contributed by atoms with Crippen LogP contribution in [-0.4, -0.2) is 15.1 Å². The van der Waals surface area contributed by atoms with E-state index in [2.05, 4.69) is 9.97 Å². The number of hydrogen-bond donors (Lipinski definition) is 1. The van der Waals surface area contributed by atoms with Gasteiger partial charge in [-0.2, -0.15) is 5.26 Å². The first kappa shape index (κ1) is 11.1. The summed E-state index contributed by atoms with van der Waals surface area (Å²) in [4.78, 5) is 7.84. The van der Waals surface area contributed by atoms with E-state index in [1.54, 1.807) is 12.4 Å². The Kier molecular flexibility index (Phi) is 2.75. The average molecular weight is 225 g/mol. The van der Waals surface area contributed by atoms with Gasteiger partial charge in [0.1, 0.15) is 11.8 Å². The van der Waals surface area contributed by atoms with Crippen LogP contribution >= 0.6 is 0 Å². The molecule has 1 heterocycles. The molecule has 1 aromatic heterocycles. The number of rotatable bonds is 1. The molecule has 0 aliphatic heterocycles. The highest BCUT2D eigenvalue weighted by molar-refractivity contribution is 5.65. The zero-order chi connectivity index (χ0) is 12.4. The number of aryl methyl sites for hydroxylation is 2. The third kappa shape index (κ3) is 2.08. The molecular weight excluding hydrogens is 214 g/mol. The molecular formula is C13H11N3O. The average Bonchev–Trinajstić information content (AvgIpc) is 2.35. The first-order valence-electron chi connectivity index (χ1n) is 5.14. The van der Waals surface area contributed by atoms with Crippen molar-refractivity contribution in [1.82, 2.24) is 9.97 Å². The van der Waals surface area contributed by atoms with Crippen LogP contribution in [0.4, 0.5) is 0 Å². The Balaban J connectivity index is 2.50. The molecule has 0 aliphatic carbocycles. The van der Waals surface area contributed by atoms with Crippen molar-refractivity contribution in [1.29, 1.82) is 5.26 Å². The van der Waals surface area contributed by atoms with Gasteiger partial charge in [-0.25, -0.2) is 9.97 Å². The van der Waals surface area contributed by atoms with E-state index >= 15 is 0 Å². The van der Waals surface area contributed by atoms with E-state index in [9.17, 15) is 5.11 Å². The minimum Gasteiger partial charge on any atom is -0.507 e. The molecule has 0 radical (unpaired) electrons. The minimum absolute atomic E-state index is 0.154. The fourth-order valence-electron chi connectivity index (χ4n) is 1.66. The minimum atomic E-state index is 0.154. The Morgan fingerprint density at radius 2 is 1.59 bits per heavy atom. The molecule has 1 N–H and O–H groups in total. The normalized spacial score (nSPS) is 9.94. The molecule has 2 aromatic rings. The second kappa shape index (κ2) is 4.22. The molecule has 0 saturated heterocycles. The fraction of sp³-hybridized carbons (Fsp3) is 0.154. The van der Waals surface area contributed by atoms with Crippen molar-refractivity contribution in [2.75, 3.05) is 0 Å². The summed E-state index contributed by atoms with van der Waals surface area (Å²) >= 11 is 0. The summed E-state index contributed by atoms with van der Waals surface area (Å²) < 4.78 is 0. The molecule has 0 spiro atoms. The van der Waals surface area contributed by atoms with Crippen LogP contribution in [0.15, 0.2) is 24.5 Å². The maximum Gasteiger partial charge on any atom is 0.232 e. The number of aromatic nitrogens is 2. The Hall–Kier alpha value is -2.41. The van der Waals surface area contributed by atoms with Crippen molar-refractivity contribution in [2.45, 2.75) is 13.8 Å². The molecule has 0 atom stereocenters. The van der Waals surface area contributed by atoms with Crippen LogP contribution in [0.1, 0.15) is 17.0 Å². The zero-order valence-electron chi connectivity index (χ0n) is 9.60. The fourth-order valence-corrected chi connectivity index (χ4v) is 1.66. The largest absolute Gasteiger partial charge is 0.507 e. The highest BCUT2D eigenvalue weighted by Gasteiger charge is 2.06. The number of benzene rings is 1. The zero-order valence-corrected chi connectivity index (χ0v) is 9.60. The van der Waals surface area contributed by atoms with Gasteiger partial charge < -0.3 is 5.11 Å². The lowest BCUT2D eigenvalue weighted by atomic mass is 10.0. The third-order valence-electron chi connectivity index (χ3n) is 2.58. The van der Waals surface area contributed by atoms with Crippen LogP contribution in [0.2, 0.25) is 0 Å². The van der Waals surface area contributed by atoms with Crippen molar-refractivity contribution in [3.05, 3.63) is 41.5 Å². The molecule has 2 rings (SSSR count). The van der Waals surface area contributed by atoms with E-state index in [1.807, 2.05) is 32.0 Å². The SMILES string of the molecule is Cc1cc(-c2cnc(C#N)nc2)cc(C)c1O. The maximum absolute atomic E-state index is 9.69. The second-order valence-electron chi connectivity index (χ2n) is 3.87. The summed E-state index contributed by atoms with van der Waals surface area (Å²) in [5, 5.41) is 18.3. The number of phenolic OH excluding ortho intramolecular Hbond substituents is 1. The van der Waals surface area contributed by atoms with E-state index in [4.69, 9.17) is 5.26 Å². The van der Waals surface area contributed by atoms with Crippen molar-refractivity contribution < 1.29 is 5.11 Å². The number of hydrogen-bond acceptors (Lipinski definition) is 4. The van der Waals surface area contributed by atoms with Crippen LogP contribution in [0, 0.1) is 25.2 Å². The number of aromatic hydroxyl groups is 1. The van der Waals surface area contributed by atoms with Gasteiger partial charge >= 0.3 is 0 Å². The van der Waals surface area contributed by atoms with E-state index in [-0.39, 0.29) is 5.82 Å². The molecule has 0 aliphatic rings. The third-order valence-corrected chi connectivity index (χ3v) is 2.58. The van der Waals surface area contributed by atoms with Crippen LogP contribution in [0.5, 0.6) is 5.75 Å². The molecule has 0 unspecified atom stereocenters. The van der Waals surface area contributed by atoms with Gasteiger partial charge in [-0.15, -0.1) is 0 Å². The summed E-state index contributed by atoms with van der Waals surface area (Å²) in [5.41, 5.74) is 3.38. The van der Waals surface area contributed by atoms with Crippen molar-refractivity contribution in [3.63, 3.8) is 0 Å². The van der Waals surface area contributed by atoms with Crippen molar-refractivity contribution >= 4 is 0 Å². The summed E-state index contributed by atoms with van der Waals surface area (Å²) in [6.07, 6.45) is 3.22. The van der Waals surface area contributed by atoms with Crippen molar-refractivity contribution in [3.8, 4) is 22.9 Å². The molecule has 4 heteroatoms. The number of nitrogens with zero attached hydrogens (tertiary/aromatic N) is 3. The Bertz CT molecular complexity index is 574. The monoisotopic (exact) mass is 225 g/mol. The van der Waals surface area contributed by atoms with Gasteiger partial charge in [0, 0.05) is 18.0 Å². The molecule has 0 saturated carbocycles. The smallest absolute Gasteiger partial charge is 0.232 e. The molecule has 1 aromatic carbocycles. The van der Waals surface area contributed by atoms with Crippen molar-refractivity contribution in [2.24, 2.45) is 0 Å². The Labute approximate surface area is 99.2 Å². The molecule has 0 fully saturated rings. The predicted octanol–water partition coefficient (Wildman–Crippen LogP) is 2.34. The highest BCUT2D eigenvalue weighted by Crippen LogP contribution is 2.28. The first-order chi connectivity index (χ1) is 8.11. The lowest BCUT2D eigenvalue weighted by molar-refractivity contribution is 0.467. The maximum atomic E-state index is 9.69. The standard InChI is InChI=1S/C13H11N3O/c1-8-3-10(4-9(2)13(8)17)11-6-15-12(5-14)16-7-11/h3-4,6-7,17H,1-2H3. The topological polar surface area (TPSA) is 69.8 Å². The summed E-state index contributed by atoms with van der Waals surface area (Å²) in [5.74, 6) is 0.462. The summed E-state index contributed by atoms with van der Waals surface area (Å²) in [6.45, 7) is 3.69. The summed E-state index contributed by atoms with van der Waals surface area (Å²) in [6, 6.07) is 5.61. The van der Waals surface area contributed by atoms with Gasteiger partial charge in [0.25, 0.3) is 0 Å². The molecule has 0 bridgehead atoms. The van der Waals surface area contributed by atoms with E-state index in [0.717, 1.165) is 22.3 Å². The molecule has 4 nitrogen and oxygen atoms in total. The second-order valence-corrected chi connectivity index (χ2v) is 3.87. The van der Waals surface area contributed by atoms with Crippen LogP contribution in [0.25, 0.3) is 11.1 Å². The van der Waals surface area contributed by atoms with Gasteiger partial charge in [-0.3, -0.25) is 0 Å². The van der Waals surface area contributed by atoms with Gasteiger partial charge in [-0.1, -0.05) is 0 Å². The number of phenols is 1. The lowest BCUT2D eigenvalue weighted by Gasteiger charge is -2.07. The predicted molar refractivity (Wildman–Crippen MR) is 63.3 cm³/mol. The van der Waals surface area contributed by atoms with E-state index in [1.165, 1.54) is 0 Å². The Morgan fingerprint density at radius 1 is 1.06 bits per heavy atom. The first-order valence-corrected chi connectivity index (χ1v) is 5.14. The molecule has 0 amide bonds. The highest BCUT2D eigenvalue weighted by atomic mass is 16.3. The summed E-state index contributed by atoms with van der Waals surface area (Å²) in [7, 11) is 0. The van der Waals surface area contributed by atoms with Gasteiger partial charge in [0.05, 0.1) is 0 Å². The molecule has 17 heavy (non-hydrogen) atoms. The van der Waals surface area contributed by atoms with Crippen LogP contribution in [-0.2, 0) is 0 Å². The van der Waals surface area contributed by atoms with E-state index < -0.39 is 0 Å². The number of nitriles is 1. The van der Waals surface area contributed by atoms with Gasteiger partial charge in [0.2, 0.25) is 5.82 Å². The van der Waals surface area contributed by atoms with Crippen LogP contribution < -0.4 is 0 Å². The Morgan fingerprint density at radius 3 is 2.06 bits per heavy atom.